The Morgan fingerprint density at radius 1 is 1.05 bits per heavy atom. The van der Waals surface area contributed by atoms with Gasteiger partial charge in [0.1, 0.15) is 11.6 Å². The van der Waals surface area contributed by atoms with Gasteiger partial charge in [-0.3, -0.25) is 4.57 Å². The SMILES string of the molecule is Fc1cc2c(cc1Cl)nc(CCl)n2-c1c(Cl)cccc1Cl. The van der Waals surface area contributed by atoms with Gasteiger partial charge < -0.3 is 0 Å². The minimum atomic E-state index is -0.547. The van der Waals surface area contributed by atoms with Crippen molar-refractivity contribution < 1.29 is 4.39 Å². The minimum Gasteiger partial charge on any atom is -0.292 e. The van der Waals surface area contributed by atoms with Crippen LogP contribution in [0, 0.1) is 5.82 Å². The van der Waals surface area contributed by atoms with E-state index in [1.165, 1.54) is 12.1 Å². The molecule has 0 unspecified atom stereocenters. The highest BCUT2D eigenvalue weighted by Gasteiger charge is 2.18. The van der Waals surface area contributed by atoms with E-state index in [0.717, 1.165) is 0 Å². The predicted octanol–water partition coefficient (Wildman–Crippen LogP) is 5.86. The minimum absolute atomic E-state index is 0.00136. The van der Waals surface area contributed by atoms with Crippen molar-refractivity contribution in [1.82, 2.24) is 9.55 Å². The first kappa shape index (κ1) is 14.9. The first-order valence-corrected chi connectivity index (χ1v) is 7.56. The van der Waals surface area contributed by atoms with Crippen molar-refractivity contribution in [1.29, 1.82) is 0 Å². The Morgan fingerprint density at radius 2 is 1.71 bits per heavy atom. The Bertz CT molecular complexity index is 824. The second-order valence-corrected chi connectivity index (χ2v) is 5.81. The molecule has 0 N–H and O–H groups in total. The quantitative estimate of drug-likeness (QED) is 0.521. The van der Waals surface area contributed by atoms with Crippen LogP contribution in [0.5, 0.6) is 0 Å². The fraction of sp³-hybridized carbons (Fsp3) is 0.0714. The molecule has 1 aromatic heterocycles. The third kappa shape index (κ3) is 2.49. The van der Waals surface area contributed by atoms with Crippen LogP contribution in [0.1, 0.15) is 5.82 Å². The number of halogens is 5. The fourth-order valence-electron chi connectivity index (χ4n) is 2.16. The number of nitrogens with zero attached hydrogens (tertiary/aromatic N) is 2. The molecule has 0 bridgehead atoms. The maximum Gasteiger partial charge on any atom is 0.144 e. The number of aromatic nitrogens is 2. The molecule has 0 saturated heterocycles. The number of rotatable bonds is 2. The van der Waals surface area contributed by atoms with E-state index in [-0.39, 0.29) is 10.9 Å². The van der Waals surface area contributed by atoms with E-state index in [9.17, 15) is 4.39 Å². The van der Waals surface area contributed by atoms with E-state index in [1.807, 2.05) is 0 Å². The molecular formula is C14H7Cl4FN2. The van der Waals surface area contributed by atoms with Gasteiger partial charge >= 0.3 is 0 Å². The molecule has 108 valence electrons. The second kappa shape index (κ2) is 5.65. The number of para-hydroxylation sites is 1. The Morgan fingerprint density at radius 3 is 2.33 bits per heavy atom. The highest BCUT2D eigenvalue weighted by molar-refractivity contribution is 6.38. The van der Waals surface area contributed by atoms with Crippen LogP contribution in [-0.4, -0.2) is 9.55 Å². The standard InChI is InChI=1S/C14H7Cl4FN2/c15-6-13-20-11-4-9(18)10(19)5-12(11)21(13)14-7(16)2-1-3-8(14)17/h1-5H,6H2. The second-order valence-electron chi connectivity index (χ2n) is 4.32. The van der Waals surface area contributed by atoms with Gasteiger partial charge in [-0.1, -0.05) is 40.9 Å². The van der Waals surface area contributed by atoms with Crippen molar-refractivity contribution in [2.24, 2.45) is 0 Å². The van der Waals surface area contributed by atoms with Crippen molar-refractivity contribution >= 4 is 57.4 Å². The van der Waals surface area contributed by atoms with E-state index < -0.39 is 5.82 Å². The molecule has 2 nitrogen and oxygen atoms in total. The Balaban J connectivity index is 2.43. The first-order valence-electron chi connectivity index (χ1n) is 5.89. The van der Waals surface area contributed by atoms with Crippen LogP contribution in [-0.2, 0) is 5.88 Å². The molecule has 0 aliphatic heterocycles. The lowest BCUT2D eigenvalue weighted by molar-refractivity contribution is 0.629. The average Bonchev–Trinajstić information content (AvgIpc) is 2.77. The summed E-state index contributed by atoms with van der Waals surface area (Å²) >= 11 is 24.2. The molecule has 0 amide bonds. The van der Waals surface area contributed by atoms with Gasteiger partial charge in [0.15, 0.2) is 0 Å². The number of hydrogen-bond donors (Lipinski definition) is 0. The third-order valence-corrected chi connectivity index (χ3v) is 4.19. The monoisotopic (exact) mass is 362 g/mol. The van der Waals surface area contributed by atoms with E-state index in [1.54, 1.807) is 22.8 Å². The molecule has 0 aliphatic carbocycles. The zero-order chi connectivity index (χ0) is 15.1. The van der Waals surface area contributed by atoms with Gasteiger partial charge in [-0.2, -0.15) is 0 Å². The lowest BCUT2D eigenvalue weighted by Crippen LogP contribution is -2.01. The number of benzene rings is 2. The molecule has 0 saturated carbocycles. The molecule has 0 aliphatic rings. The van der Waals surface area contributed by atoms with E-state index >= 15 is 0 Å². The highest BCUT2D eigenvalue weighted by atomic mass is 35.5. The van der Waals surface area contributed by atoms with Gasteiger partial charge in [-0.15, -0.1) is 11.6 Å². The van der Waals surface area contributed by atoms with E-state index in [2.05, 4.69) is 4.98 Å². The summed E-state index contributed by atoms with van der Waals surface area (Å²) in [5.41, 5.74) is 1.54. The van der Waals surface area contributed by atoms with Crippen LogP contribution in [0.15, 0.2) is 30.3 Å². The summed E-state index contributed by atoms with van der Waals surface area (Å²) < 4.78 is 15.4. The third-order valence-electron chi connectivity index (χ3n) is 3.05. The Hall–Kier alpha value is -1.00. The zero-order valence-corrected chi connectivity index (χ0v) is 13.4. The maximum atomic E-state index is 13.8. The smallest absolute Gasteiger partial charge is 0.144 e. The van der Waals surface area contributed by atoms with Gasteiger partial charge in [-0.05, 0) is 18.2 Å². The summed E-state index contributed by atoms with van der Waals surface area (Å²) in [6, 6.07) is 7.85. The summed E-state index contributed by atoms with van der Waals surface area (Å²) in [5.74, 6) is 0.0769. The number of fused-ring (bicyclic) bond motifs is 1. The topological polar surface area (TPSA) is 17.8 Å². The molecule has 0 radical (unpaired) electrons. The van der Waals surface area contributed by atoms with Crippen molar-refractivity contribution in [3.63, 3.8) is 0 Å². The van der Waals surface area contributed by atoms with Crippen LogP contribution in [0.25, 0.3) is 16.7 Å². The number of imidazole rings is 1. The molecule has 1 heterocycles. The lowest BCUT2D eigenvalue weighted by atomic mass is 10.2. The van der Waals surface area contributed by atoms with Crippen molar-refractivity contribution in [2.45, 2.75) is 5.88 Å². The van der Waals surface area contributed by atoms with Gasteiger partial charge in [0.2, 0.25) is 0 Å². The number of alkyl halides is 1. The highest BCUT2D eigenvalue weighted by Crippen LogP contribution is 2.34. The van der Waals surface area contributed by atoms with Crippen molar-refractivity contribution in [2.75, 3.05) is 0 Å². The molecule has 2 aromatic carbocycles. The van der Waals surface area contributed by atoms with Crippen LogP contribution in [0.3, 0.4) is 0 Å². The Kier molecular flexibility index (Phi) is 4.02. The first-order chi connectivity index (χ1) is 10.0. The van der Waals surface area contributed by atoms with Gasteiger partial charge in [0, 0.05) is 6.07 Å². The summed E-state index contributed by atoms with van der Waals surface area (Å²) in [5, 5.41) is 0.838. The van der Waals surface area contributed by atoms with Gasteiger partial charge in [0.25, 0.3) is 0 Å². The van der Waals surface area contributed by atoms with E-state index in [0.29, 0.717) is 32.6 Å². The van der Waals surface area contributed by atoms with Gasteiger partial charge in [-0.25, -0.2) is 9.37 Å². The zero-order valence-electron chi connectivity index (χ0n) is 10.4. The average molecular weight is 364 g/mol. The summed E-state index contributed by atoms with van der Waals surface area (Å²) in [4.78, 5) is 4.35. The molecule has 21 heavy (non-hydrogen) atoms. The van der Waals surface area contributed by atoms with Gasteiger partial charge in [0.05, 0.1) is 37.7 Å². The molecule has 0 fully saturated rings. The molecule has 0 atom stereocenters. The molecule has 3 rings (SSSR count). The van der Waals surface area contributed by atoms with Crippen LogP contribution in [0.4, 0.5) is 4.39 Å². The molecular weight excluding hydrogens is 357 g/mol. The Labute approximate surface area is 140 Å². The van der Waals surface area contributed by atoms with Crippen LogP contribution < -0.4 is 0 Å². The van der Waals surface area contributed by atoms with Crippen LogP contribution >= 0.6 is 46.4 Å². The lowest BCUT2D eigenvalue weighted by Gasteiger charge is -2.12. The predicted molar refractivity (Wildman–Crippen MR) is 85.6 cm³/mol. The van der Waals surface area contributed by atoms with Crippen molar-refractivity contribution in [3.05, 3.63) is 57.0 Å². The summed E-state index contributed by atoms with van der Waals surface area (Å²) in [7, 11) is 0. The normalized spacial score (nSPS) is 11.3. The molecule has 0 spiro atoms. The summed E-state index contributed by atoms with van der Waals surface area (Å²) in [6.07, 6.45) is 0. The molecule has 3 aromatic rings. The largest absolute Gasteiger partial charge is 0.292 e. The van der Waals surface area contributed by atoms with E-state index in [4.69, 9.17) is 46.4 Å². The van der Waals surface area contributed by atoms with Crippen LogP contribution in [0.2, 0.25) is 15.1 Å². The van der Waals surface area contributed by atoms with Crippen molar-refractivity contribution in [3.8, 4) is 5.69 Å². The number of hydrogen-bond acceptors (Lipinski definition) is 1. The fourth-order valence-corrected chi connectivity index (χ4v) is 3.07. The maximum absolute atomic E-state index is 13.8. The summed E-state index contributed by atoms with van der Waals surface area (Å²) in [6.45, 7) is 0. The molecule has 7 heteroatoms.